The topological polar surface area (TPSA) is 36.3 Å². The minimum atomic E-state index is 0.530. The molecule has 0 saturated heterocycles. The molecule has 0 radical (unpaired) electrons. The third-order valence-electron chi connectivity index (χ3n) is 5.00. The standard InChI is InChI=1S/C25H26N2O2/c1-4-28-23-11-7-8-12-24(23)29-16-15-27-22-10-6-5-9-21(22)26-25(27)20-14-13-18(2)17-19(20)3/h5-14,17H,4,15-16H2,1-3H3. The van der Waals surface area contributed by atoms with E-state index < -0.39 is 0 Å². The lowest BCUT2D eigenvalue weighted by atomic mass is 10.1. The number of aryl methyl sites for hydroxylation is 2. The number of aromatic nitrogens is 2. The van der Waals surface area contributed by atoms with E-state index in [0.29, 0.717) is 19.8 Å². The minimum Gasteiger partial charge on any atom is -0.490 e. The lowest BCUT2D eigenvalue weighted by Gasteiger charge is -2.14. The van der Waals surface area contributed by atoms with Crippen LogP contribution in [0.15, 0.2) is 66.7 Å². The van der Waals surface area contributed by atoms with Gasteiger partial charge in [0.15, 0.2) is 11.5 Å². The van der Waals surface area contributed by atoms with Crippen LogP contribution in [-0.2, 0) is 6.54 Å². The van der Waals surface area contributed by atoms with Gasteiger partial charge in [-0.15, -0.1) is 0 Å². The molecule has 3 aromatic carbocycles. The molecule has 1 aromatic heterocycles. The largest absolute Gasteiger partial charge is 0.490 e. The normalized spacial score (nSPS) is 11.0. The van der Waals surface area contributed by atoms with Gasteiger partial charge in [-0.2, -0.15) is 0 Å². The van der Waals surface area contributed by atoms with E-state index in [0.717, 1.165) is 33.9 Å². The average Bonchev–Trinajstić information content (AvgIpc) is 3.08. The molecule has 4 rings (SSSR count). The van der Waals surface area contributed by atoms with Crippen molar-refractivity contribution in [2.75, 3.05) is 13.2 Å². The fraction of sp³-hybridized carbons (Fsp3) is 0.240. The van der Waals surface area contributed by atoms with Gasteiger partial charge in [0.25, 0.3) is 0 Å². The summed E-state index contributed by atoms with van der Waals surface area (Å²) in [6.07, 6.45) is 0. The molecule has 4 nitrogen and oxygen atoms in total. The fourth-order valence-corrected chi connectivity index (χ4v) is 3.66. The number of hydrogen-bond acceptors (Lipinski definition) is 3. The fourth-order valence-electron chi connectivity index (χ4n) is 3.66. The second-order valence-corrected chi connectivity index (χ2v) is 7.12. The third-order valence-corrected chi connectivity index (χ3v) is 5.00. The molecule has 0 spiro atoms. The maximum Gasteiger partial charge on any atom is 0.161 e. The van der Waals surface area contributed by atoms with Gasteiger partial charge in [-0.05, 0) is 50.6 Å². The molecule has 0 unspecified atom stereocenters. The monoisotopic (exact) mass is 386 g/mol. The van der Waals surface area contributed by atoms with Crippen LogP contribution in [0.25, 0.3) is 22.4 Å². The summed E-state index contributed by atoms with van der Waals surface area (Å²) in [5.41, 5.74) is 5.75. The molecule has 4 heteroatoms. The number of hydrogen-bond donors (Lipinski definition) is 0. The maximum absolute atomic E-state index is 6.08. The van der Waals surface area contributed by atoms with E-state index in [4.69, 9.17) is 14.5 Å². The van der Waals surface area contributed by atoms with Crippen LogP contribution in [0.1, 0.15) is 18.1 Å². The Morgan fingerprint density at radius 1 is 0.862 bits per heavy atom. The minimum absolute atomic E-state index is 0.530. The summed E-state index contributed by atoms with van der Waals surface area (Å²) < 4.78 is 14.0. The van der Waals surface area contributed by atoms with Gasteiger partial charge in [0.1, 0.15) is 12.4 Å². The van der Waals surface area contributed by atoms with Crippen molar-refractivity contribution in [3.63, 3.8) is 0 Å². The van der Waals surface area contributed by atoms with Crippen LogP contribution in [0.2, 0.25) is 0 Å². The Morgan fingerprint density at radius 3 is 2.34 bits per heavy atom. The van der Waals surface area contributed by atoms with Crippen LogP contribution in [0.4, 0.5) is 0 Å². The van der Waals surface area contributed by atoms with Gasteiger partial charge in [-0.25, -0.2) is 4.98 Å². The van der Waals surface area contributed by atoms with Crippen molar-refractivity contribution in [3.8, 4) is 22.9 Å². The SMILES string of the molecule is CCOc1ccccc1OCCn1c(-c2ccc(C)cc2C)nc2ccccc21. The second kappa shape index (κ2) is 8.39. The first-order chi connectivity index (χ1) is 14.2. The van der Waals surface area contributed by atoms with Crippen LogP contribution in [0.3, 0.4) is 0 Å². The lowest BCUT2D eigenvalue weighted by Crippen LogP contribution is -2.10. The molecule has 0 aliphatic heterocycles. The van der Waals surface area contributed by atoms with E-state index >= 15 is 0 Å². The third kappa shape index (κ3) is 3.97. The van der Waals surface area contributed by atoms with Crippen molar-refractivity contribution in [1.29, 1.82) is 0 Å². The Labute approximate surface area is 171 Å². The highest BCUT2D eigenvalue weighted by Gasteiger charge is 2.14. The van der Waals surface area contributed by atoms with Gasteiger partial charge >= 0.3 is 0 Å². The van der Waals surface area contributed by atoms with Gasteiger partial charge in [0.2, 0.25) is 0 Å². The van der Waals surface area contributed by atoms with Crippen molar-refractivity contribution in [2.45, 2.75) is 27.3 Å². The van der Waals surface area contributed by atoms with Crippen molar-refractivity contribution >= 4 is 11.0 Å². The number of para-hydroxylation sites is 4. The van der Waals surface area contributed by atoms with Crippen molar-refractivity contribution in [2.24, 2.45) is 0 Å². The number of benzene rings is 3. The molecule has 29 heavy (non-hydrogen) atoms. The summed E-state index contributed by atoms with van der Waals surface area (Å²) in [6.45, 7) is 8.07. The lowest BCUT2D eigenvalue weighted by molar-refractivity contribution is 0.268. The second-order valence-electron chi connectivity index (χ2n) is 7.12. The Bertz CT molecular complexity index is 1130. The van der Waals surface area contributed by atoms with Crippen LogP contribution in [0, 0.1) is 13.8 Å². The number of nitrogens with zero attached hydrogens (tertiary/aromatic N) is 2. The Kier molecular flexibility index (Phi) is 5.52. The zero-order valence-corrected chi connectivity index (χ0v) is 17.2. The van der Waals surface area contributed by atoms with Crippen LogP contribution in [-0.4, -0.2) is 22.8 Å². The predicted octanol–water partition coefficient (Wildman–Crippen LogP) is 5.80. The summed E-state index contributed by atoms with van der Waals surface area (Å²) in [5.74, 6) is 2.53. The molecule has 0 N–H and O–H groups in total. The molecule has 148 valence electrons. The number of fused-ring (bicyclic) bond motifs is 1. The van der Waals surface area contributed by atoms with Crippen LogP contribution in [0.5, 0.6) is 11.5 Å². The van der Waals surface area contributed by atoms with Gasteiger partial charge in [-0.3, -0.25) is 0 Å². The molecular weight excluding hydrogens is 360 g/mol. The quantitative estimate of drug-likeness (QED) is 0.403. The smallest absolute Gasteiger partial charge is 0.161 e. The first kappa shape index (κ1) is 19.1. The van der Waals surface area contributed by atoms with Crippen molar-refractivity contribution < 1.29 is 9.47 Å². The molecule has 0 aliphatic carbocycles. The van der Waals surface area contributed by atoms with E-state index in [9.17, 15) is 0 Å². The van der Waals surface area contributed by atoms with E-state index in [-0.39, 0.29) is 0 Å². The molecule has 0 saturated carbocycles. The number of rotatable bonds is 7. The van der Waals surface area contributed by atoms with Gasteiger partial charge < -0.3 is 14.0 Å². The highest BCUT2D eigenvalue weighted by atomic mass is 16.5. The van der Waals surface area contributed by atoms with E-state index in [2.05, 4.69) is 54.8 Å². The van der Waals surface area contributed by atoms with Crippen molar-refractivity contribution in [3.05, 3.63) is 77.9 Å². The van der Waals surface area contributed by atoms with E-state index in [1.54, 1.807) is 0 Å². The summed E-state index contributed by atoms with van der Waals surface area (Å²) in [6, 6.07) is 22.6. The first-order valence-corrected chi connectivity index (χ1v) is 10.0. The summed E-state index contributed by atoms with van der Waals surface area (Å²) in [5, 5.41) is 0. The van der Waals surface area contributed by atoms with Crippen LogP contribution >= 0.6 is 0 Å². The molecule has 0 amide bonds. The van der Waals surface area contributed by atoms with Gasteiger partial charge in [0.05, 0.1) is 24.2 Å². The Hall–Kier alpha value is -3.27. The maximum atomic E-state index is 6.08. The predicted molar refractivity (Wildman–Crippen MR) is 118 cm³/mol. The van der Waals surface area contributed by atoms with Gasteiger partial charge in [-0.1, -0.05) is 48.0 Å². The zero-order valence-electron chi connectivity index (χ0n) is 17.2. The molecule has 4 aromatic rings. The average molecular weight is 386 g/mol. The molecule has 0 aliphatic rings. The van der Waals surface area contributed by atoms with E-state index in [1.165, 1.54) is 11.1 Å². The molecule has 0 fully saturated rings. The molecular formula is C25H26N2O2. The number of ether oxygens (including phenoxy) is 2. The summed E-state index contributed by atoms with van der Waals surface area (Å²) in [4.78, 5) is 4.93. The van der Waals surface area contributed by atoms with E-state index in [1.807, 2.05) is 37.3 Å². The number of imidazole rings is 1. The summed E-state index contributed by atoms with van der Waals surface area (Å²) in [7, 11) is 0. The van der Waals surface area contributed by atoms with Gasteiger partial charge in [0, 0.05) is 5.56 Å². The molecule has 0 bridgehead atoms. The summed E-state index contributed by atoms with van der Waals surface area (Å²) >= 11 is 0. The Balaban J connectivity index is 1.65. The molecule has 1 heterocycles. The zero-order chi connectivity index (χ0) is 20.2. The highest BCUT2D eigenvalue weighted by Crippen LogP contribution is 2.29. The van der Waals surface area contributed by atoms with Crippen LogP contribution < -0.4 is 9.47 Å². The first-order valence-electron chi connectivity index (χ1n) is 10.0. The highest BCUT2D eigenvalue weighted by molar-refractivity contribution is 5.81. The Morgan fingerprint density at radius 2 is 1.59 bits per heavy atom. The van der Waals surface area contributed by atoms with Crippen molar-refractivity contribution in [1.82, 2.24) is 9.55 Å². The molecule has 0 atom stereocenters.